The van der Waals surface area contributed by atoms with Crippen LogP contribution in [0.25, 0.3) is 0 Å². The van der Waals surface area contributed by atoms with Gasteiger partial charge in [0, 0.05) is 17.2 Å². The van der Waals surface area contributed by atoms with Crippen molar-refractivity contribution in [2.24, 2.45) is 0 Å². The van der Waals surface area contributed by atoms with Gasteiger partial charge in [0.05, 0.1) is 16.2 Å². The lowest BCUT2D eigenvalue weighted by Gasteiger charge is -2.08. The summed E-state index contributed by atoms with van der Waals surface area (Å²) in [4.78, 5) is 13.0. The fraction of sp³-hybridized carbons (Fsp3) is 0.312. The minimum Gasteiger partial charge on any atom is -0.347 e. The molecule has 0 aliphatic heterocycles. The lowest BCUT2D eigenvalue weighted by Crippen LogP contribution is -2.21. The van der Waals surface area contributed by atoms with E-state index in [1.54, 1.807) is 13.0 Å². The number of halogens is 3. The van der Waals surface area contributed by atoms with Crippen LogP contribution in [0.4, 0.5) is 13.2 Å². The van der Waals surface area contributed by atoms with E-state index in [9.17, 15) is 26.4 Å². The highest BCUT2D eigenvalue weighted by molar-refractivity contribution is 7.90. The molecule has 0 unspecified atom stereocenters. The van der Waals surface area contributed by atoms with Gasteiger partial charge in [-0.05, 0) is 29.8 Å². The highest BCUT2D eigenvalue weighted by atomic mass is 32.2. The summed E-state index contributed by atoms with van der Waals surface area (Å²) in [5, 5.41) is 2.60. The second-order valence-electron chi connectivity index (χ2n) is 5.32. The molecule has 0 aliphatic rings. The number of thiophene rings is 1. The second kappa shape index (κ2) is 7.57. The summed E-state index contributed by atoms with van der Waals surface area (Å²) in [6, 6.07) is 7.65. The lowest BCUT2D eigenvalue weighted by atomic mass is 10.1. The Morgan fingerprint density at radius 1 is 1.12 bits per heavy atom. The molecule has 0 saturated heterocycles. The van der Waals surface area contributed by atoms with Crippen LogP contribution in [0.1, 0.15) is 32.6 Å². The zero-order valence-electron chi connectivity index (χ0n) is 13.3. The standard InChI is InChI=1S/C16H16F3NO3S2/c1-2-25(22,23)10-13-7-8-14(24-13)15(21)20-9-11-3-5-12(6-4-11)16(17,18)19/h3-8H,2,9-10H2,1H3,(H,20,21). The minimum atomic E-state index is -4.39. The third-order valence-electron chi connectivity index (χ3n) is 3.42. The van der Waals surface area contributed by atoms with E-state index in [0.29, 0.717) is 15.3 Å². The molecule has 25 heavy (non-hydrogen) atoms. The van der Waals surface area contributed by atoms with Crippen molar-refractivity contribution < 1.29 is 26.4 Å². The lowest BCUT2D eigenvalue weighted by molar-refractivity contribution is -0.137. The molecule has 0 fully saturated rings. The van der Waals surface area contributed by atoms with Crippen LogP contribution in [0.2, 0.25) is 0 Å². The summed E-state index contributed by atoms with van der Waals surface area (Å²) in [7, 11) is -3.17. The quantitative estimate of drug-likeness (QED) is 0.818. The van der Waals surface area contributed by atoms with Gasteiger partial charge in [-0.15, -0.1) is 11.3 Å². The summed E-state index contributed by atoms with van der Waals surface area (Å²) < 4.78 is 60.6. The Hall–Kier alpha value is -1.87. The first kappa shape index (κ1) is 19.5. The molecule has 0 bridgehead atoms. The Kier molecular flexibility index (Phi) is 5.89. The molecule has 0 spiro atoms. The Morgan fingerprint density at radius 3 is 2.32 bits per heavy atom. The van der Waals surface area contributed by atoms with E-state index >= 15 is 0 Å². The molecule has 4 nitrogen and oxygen atoms in total. The number of rotatable bonds is 6. The van der Waals surface area contributed by atoms with Crippen LogP contribution < -0.4 is 5.32 Å². The average Bonchev–Trinajstić information content (AvgIpc) is 3.00. The number of alkyl halides is 3. The first-order valence-corrected chi connectivity index (χ1v) is 9.98. The number of carbonyl (C=O) groups is 1. The van der Waals surface area contributed by atoms with Crippen molar-refractivity contribution in [1.29, 1.82) is 0 Å². The van der Waals surface area contributed by atoms with Crippen molar-refractivity contribution in [3.8, 4) is 0 Å². The van der Waals surface area contributed by atoms with Gasteiger partial charge >= 0.3 is 6.18 Å². The molecule has 1 N–H and O–H groups in total. The largest absolute Gasteiger partial charge is 0.416 e. The molecule has 0 atom stereocenters. The summed E-state index contributed by atoms with van der Waals surface area (Å²) in [5.74, 6) is -0.481. The number of carbonyl (C=O) groups excluding carboxylic acids is 1. The number of hydrogen-bond donors (Lipinski definition) is 1. The molecular formula is C16H16F3NO3S2. The smallest absolute Gasteiger partial charge is 0.347 e. The maximum absolute atomic E-state index is 12.5. The van der Waals surface area contributed by atoms with Crippen LogP contribution in [-0.4, -0.2) is 20.1 Å². The molecule has 2 rings (SSSR count). The molecule has 136 valence electrons. The highest BCUT2D eigenvalue weighted by Gasteiger charge is 2.29. The first-order valence-electron chi connectivity index (χ1n) is 7.34. The van der Waals surface area contributed by atoms with E-state index in [1.165, 1.54) is 18.2 Å². The minimum absolute atomic E-state index is 0.0281. The predicted molar refractivity (Wildman–Crippen MR) is 90.1 cm³/mol. The maximum atomic E-state index is 12.5. The van der Waals surface area contributed by atoms with Crippen molar-refractivity contribution in [2.45, 2.75) is 25.4 Å². The Labute approximate surface area is 147 Å². The van der Waals surface area contributed by atoms with E-state index in [4.69, 9.17) is 0 Å². The van der Waals surface area contributed by atoms with Gasteiger partial charge in [0.25, 0.3) is 5.91 Å². The zero-order chi connectivity index (χ0) is 18.7. The monoisotopic (exact) mass is 391 g/mol. The van der Waals surface area contributed by atoms with Crippen LogP contribution in [0.3, 0.4) is 0 Å². The van der Waals surface area contributed by atoms with Crippen molar-refractivity contribution in [3.63, 3.8) is 0 Å². The summed E-state index contributed by atoms with van der Waals surface area (Å²) in [6.45, 7) is 1.64. The van der Waals surface area contributed by atoms with Crippen LogP contribution in [-0.2, 0) is 28.3 Å². The third kappa shape index (κ3) is 5.57. The second-order valence-corrected chi connectivity index (χ2v) is 8.84. The van der Waals surface area contributed by atoms with E-state index < -0.39 is 27.5 Å². The van der Waals surface area contributed by atoms with Gasteiger partial charge in [0.1, 0.15) is 0 Å². The number of sulfone groups is 1. The van der Waals surface area contributed by atoms with E-state index in [1.807, 2.05) is 0 Å². The van der Waals surface area contributed by atoms with Crippen molar-refractivity contribution in [3.05, 3.63) is 57.3 Å². The SMILES string of the molecule is CCS(=O)(=O)Cc1ccc(C(=O)NCc2ccc(C(F)(F)F)cc2)s1. The molecular weight excluding hydrogens is 375 g/mol. The average molecular weight is 391 g/mol. The molecule has 1 amide bonds. The van der Waals surface area contributed by atoms with Gasteiger partial charge < -0.3 is 5.32 Å². The Balaban J connectivity index is 1.95. The molecule has 1 heterocycles. The van der Waals surface area contributed by atoms with Gasteiger partial charge in [-0.3, -0.25) is 4.79 Å². The first-order chi connectivity index (χ1) is 11.6. The molecule has 0 radical (unpaired) electrons. The van der Waals surface area contributed by atoms with E-state index in [2.05, 4.69) is 5.32 Å². The highest BCUT2D eigenvalue weighted by Crippen LogP contribution is 2.29. The van der Waals surface area contributed by atoms with Crippen molar-refractivity contribution in [2.75, 3.05) is 5.75 Å². The summed E-state index contributed by atoms with van der Waals surface area (Å²) in [6.07, 6.45) is -4.39. The fourth-order valence-electron chi connectivity index (χ4n) is 1.98. The Bertz CT molecular complexity index is 840. The van der Waals surface area contributed by atoms with Crippen molar-refractivity contribution >= 4 is 27.1 Å². The summed E-state index contributed by atoms with van der Waals surface area (Å²) >= 11 is 1.08. The molecule has 0 saturated carbocycles. The normalized spacial score (nSPS) is 12.2. The van der Waals surface area contributed by atoms with Gasteiger partial charge in [-0.2, -0.15) is 13.2 Å². The molecule has 9 heteroatoms. The third-order valence-corrected chi connectivity index (χ3v) is 6.32. The van der Waals surface area contributed by atoms with Gasteiger partial charge in [0.15, 0.2) is 9.84 Å². The molecule has 1 aromatic heterocycles. The van der Waals surface area contributed by atoms with Gasteiger partial charge in [-0.1, -0.05) is 19.1 Å². The van der Waals surface area contributed by atoms with Gasteiger partial charge in [-0.25, -0.2) is 8.42 Å². The van der Waals surface area contributed by atoms with E-state index in [-0.39, 0.29) is 18.1 Å². The van der Waals surface area contributed by atoms with Gasteiger partial charge in [0.2, 0.25) is 0 Å². The van der Waals surface area contributed by atoms with Crippen LogP contribution in [0.15, 0.2) is 36.4 Å². The molecule has 1 aromatic carbocycles. The number of amides is 1. The predicted octanol–water partition coefficient (Wildman–Crippen LogP) is 3.63. The van der Waals surface area contributed by atoms with Crippen LogP contribution in [0, 0.1) is 0 Å². The zero-order valence-corrected chi connectivity index (χ0v) is 14.9. The molecule has 0 aliphatic carbocycles. The number of nitrogens with one attached hydrogen (secondary N) is 1. The molecule has 2 aromatic rings. The topological polar surface area (TPSA) is 63.2 Å². The summed E-state index contributed by atoms with van der Waals surface area (Å²) in [5.41, 5.74) is -0.214. The van der Waals surface area contributed by atoms with Crippen LogP contribution in [0.5, 0.6) is 0 Å². The number of hydrogen-bond acceptors (Lipinski definition) is 4. The van der Waals surface area contributed by atoms with E-state index in [0.717, 1.165) is 23.5 Å². The fourth-order valence-corrected chi connectivity index (χ4v) is 4.21. The Morgan fingerprint density at radius 2 is 1.76 bits per heavy atom. The maximum Gasteiger partial charge on any atom is 0.416 e. The number of benzene rings is 1. The van der Waals surface area contributed by atoms with Crippen molar-refractivity contribution in [1.82, 2.24) is 5.32 Å². The van der Waals surface area contributed by atoms with Crippen LogP contribution >= 0.6 is 11.3 Å².